The molecule has 0 unspecified atom stereocenters. The Labute approximate surface area is 132 Å². The Morgan fingerprint density at radius 1 is 1.18 bits per heavy atom. The fourth-order valence-corrected chi connectivity index (χ4v) is 3.21. The molecule has 2 heterocycles. The van der Waals surface area contributed by atoms with E-state index >= 15 is 0 Å². The predicted octanol–water partition coefficient (Wildman–Crippen LogP) is 3.47. The van der Waals surface area contributed by atoms with Crippen molar-refractivity contribution in [2.75, 3.05) is 6.54 Å². The standard InChI is InChI=1S/C19H22N2O/c1-15-7-6-12-20-17(15)13-21-14-19(2,11-10-18(21)22)16-8-4-3-5-9-16/h3-9,12H,10-11,13-14H2,1-2H3/t19-/m1/s1. The van der Waals surface area contributed by atoms with Crippen molar-refractivity contribution in [1.82, 2.24) is 9.88 Å². The van der Waals surface area contributed by atoms with Gasteiger partial charge >= 0.3 is 0 Å². The zero-order valence-electron chi connectivity index (χ0n) is 13.2. The van der Waals surface area contributed by atoms with Crippen LogP contribution in [0.3, 0.4) is 0 Å². The second-order valence-corrected chi connectivity index (χ2v) is 6.44. The fourth-order valence-electron chi connectivity index (χ4n) is 3.21. The van der Waals surface area contributed by atoms with E-state index in [0.29, 0.717) is 13.0 Å². The van der Waals surface area contributed by atoms with Crippen molar-refractivity contribution >= 4 is 5.91 Å². The Hall–Kier alpha value is -2.16. The largest absolute Gasteiger partial charge is 0.336 e. The third-order valence-electron chi connectivity index (χ3n) is 4.71. The molecule has 1 fully saturated rings. The SMILES string of the molecule is Cc1cccnc1CN1C[C@](C)(c2ccccc2)CCC1=O. The van der Waals surface area contributed by atoms with Gasteiger partial charge in [0.25, 0.3) is 0 Å². The normalized spacial score (nSPS) is 21.9. The van der Waals surface area contributed by atoms with E-state index in [1.807, 2.05) is 30.0 Å². The fraction of sp³-hybridized carbons (Fsp3) is 0.368. The number of likely N-dealkylation sites (tertiary alicyclic amines) is 1. The number of aromatic nitrogens is 1. The molecular weight excluding hydrogens is 272 g/mol. The molecule has 1 aliphatic rings. The first-order chi connectivity index (χ1) is 10.6. The Balaban J connectivity index is 1.83. The Kier molecular flexibility index (Phi) is 3.97. The lowest BCUT2D eigenvalue weighted by molar-refractivity contribution is -0.136. The van der Waals surface area contributed by atoms with Gasteiger partial charge in [0.05, 0.1) is 12.2 Å². The van der Waals surface area contributed by atoms with Crippen LogP contribution in [0.15, 0.2) is 48.7 Å². The van der Waals surface area contributed by atoms with Gasteiger partial charge in [0.1, 0.15) is 0 Å². The van der Waals surface area contributed by atoms with E-state index in [0.717, 1.165) is 24.2 Å². The number of aryl methyl sites for hydroxylation is 1. The first-order valence-corrected chi connectivity index (χ1v) is 7.82. The van der Waals surface area contributed by atoms with E-state index in [9.17, 15) is 4.79 Å². The molecule has 0 spiro atoms. The van der Waals surface area contributed by atoms with Crippen LogP contribution in [0.2, 0.25) is 0 Å². The molecule has 0 aliphatic carbocycles. The minimum atomic E-state index is 0.0256. The monoisotopic (exact) mass is 294 g/mol. The molecule has 0 N–H and O–H groups in total. The van der Waals surface area contributed by atoms with Gasteiger partial charge in [-0.3, -0.25) is 9.78 Å². The van der Waals surface area contributed by atoms with Gasteiger partial charge in [-0.1, -0.05) is 43.3 Å². The molecule has 1 atom stereocenters. The molecule has 1 aliphatic heterocycles. The van der Waals surface area contributed by atoms with Crippen molar-refractivity contribution in [2.45, 2.75) is 38.6 Å². The number of hydrogen-bond acceptors (Lipinski definition) is 2. The number of piperidine rings is 1. The van der Waals surface area contributed by atoms with E-state index in [1.54, 1.807) is 6.20 Å². The summed E-state index contributed by atoms with van der Waals surface area (Å²) in [7, 11) is 0. The number of carbonyl (C=O) groups is 1. The molecule has 1 saturated heterocycles. The van der Waals surface area contributed by atoms with Crippen molar-refractivity contribution in [1.29, 1.82) is 0 Å². The summed E-state index contributed by atoms with van der Waals surface area (Å²) in [5.74, 6) is 0.235. The minimum Gasteiger partial charge on any atom is -0.336 e. The van der Waals surface area contributed by atoms with E-state index in [-0.39, 0.29) is 11.3 Å². The summed E-state index contributed by atoms with van der Waals surface area (Å²) >= 11 is 0. The maximum atomic E-state index is 12.3. The molecule has 3 heteroatoms. The van der Waals surface area contributed by atoms with E-state index < -0.39 is 0 Å². The average molecular weight is 294 g/mol. The van der Waals surface area contributed by atoms with Crippen LogP contribution in [0.1, 0.15) is 36.6 Å². The molecule has 0 saturated carbocycles. The second-order valence-electron chi connectivity index (χ2n) is 6.44. The molecule has 22 heavy (non-hydrogen) atoms. The summed E-state index contributed by atoms with van der Waals surface area (Å²) in [6.07, 6.45) is 3.32. The second kappa shape index (κ2) is 5.91. The van der Waals surface area contributed by atoms with Gasteiger partial charge in [0.2, 0.25) is 5.91 Å². The van der Waals surface area contributed by atoms with Crippen molar-refractivity contribution in [3.8, 4) is 0 Å². The lowest BCUT2D eigenvalue weighted by Crippen LogP contribution is -2.47. The minimum absolute atomic E-state index is 0.0256. The van der Waals surface area contributed by atoms with Crippen molar-refractivity contribution in [2.24, 2.45) is 0 Å². The van der Waals surface area contributed by atoms with Crippen molar-refractivity contribution < 1.29 is 4.79 Å². The first-order valence-electron chi connectivity index (χ1n) is 7.82. The maximum Gasteiger partial charge on any atom is 0.222 e. The molecule has 1 amide bonds. The van der Waals surface area contributed by atoms with Gasteiger partial charge in [-0.15, -0.1) is 0 Å². The van der Waals surface area contributed by atoms with E-state index in [4.69, 9.17) is 0 Å². The Bertz CT molecular complexity index is 668. The van der Waals surface area contributed by atoms with Gasteiger partial charge in [0.15, 0.2) is 0 Å². The van der Waals surface area contributed by atoms with Gasteiger partial charge in [0, 0.05) is 24.6 Å². The lowest BCUT2D eigenvalue weighted by atomic mass is 9.75. The zero-order valence-corrected chi connectivity index (χ0v) is 13.2. The lowest BCUT2D eigenvalue weighted by Gasteiger charge is -2.40. The summed E-state index contributed by atoms with van der Waals surface area (Å²) < 4.78 is 0. The summed E-state index contributed by atoms with van der Waals surface area (Å²) in [6.45, 7) is 5.67. The maximum absolute atomic E-state index is 12.3. The molecule has 3 nitrogen and oxygen atoms in total. The zero-order chi connectivity index (χ0) is 15.6. The molecule has 0 bridgehead atoms. The van der Waals surface area contributed by atoms with Crippen molar-refractivity contribution in [3.05, 3.63) is 65.5 Å². The molecular formula is C19H22N2O. The molecule has 1 aromatic heterocycles. The number of benzene rings is 1. The van der Waals surface area contributed by atoms with Crippen LogP contribution in [0.5, 0.6) is 0 Å². The summed E-state index contributed by atoms with van der Waals surface area (Å²) in [4.78, 5) is 18.7. The summed E-state index contributed by atoms with van der Waals surface area (Å²) in [5.41, 5.74) is 3.47. The number of carbonyl (C=O) groups excluding carboxylic acids is 1. The molecule has 0 radical (unpaired) electrons. The average Bonchev–Trinajstić information content (AvgIpc) is 2.54. The van der Waals surface area contributed by atoms with Gasteiger partial charge in [-0.2, -0.15) is 0 Å². The third kappa shape index (κ3) is 2.89. The first kappa shape index (κ1) is 14.8. The number of amides is 1. The van der Waals surface area contributed by atoms with Crippen LogP contribution < -0.4 is 0 Å². The third-order valence-corrected chi connectivity index (χ3v) is 4.71. The van der Waals surface area contributed by atoms with Gasteiger partial charge in [-0.05, 0) is 30.5 Å². The van der Waals surface area contributed by atoms with Crippen LogP contribution in [0, 0.1) is 6.92 Å². The quantitative estimate of drug-likeness (QED) is 0.868. The summed E-state index contributed by atoms with van der Waals surface area (Å²) in [6, 6.07) is 14.5. The van der Waals surface area contributed by atoms with Crippen LogP contribution in [-0.4, -0.2) is 22.3 Å². The molecule has 1 aromatic carbocycles. The van der Waals surface area contributed by atoms with Gasteiger partial charge < -0.3 is 4.90 Å². The molecule has 114 valence electrons. The highest BCUT2D eigenvalue weighted by Crippen LogP contribution is 2.34. The number of nitrogens with zero attached hydrogens (tertiary/aromatic N) is 2. The van der Waals surface area contributed by atoms with Gasteiger partial charge in [-0.25, -0.2) is 0 Å². The highest BCUT2D eigenvalue weighted by Gasteiger charge is 2.36. The highest BCUT2D eigenvalue weighted by molar-refractivity contribution is 5.77. The Morgan fingerprint density at radius 2 is 1.95 bits per heavy atom. The number of pyridine rings is 1. The van der Waals surface area contributed by atoms with Crippen LogP contribution in [-0.2, 0) is 16.8 Å². The molecule has 3 rings (SSSR count). The van der Waals surface area contributed by atoms with Crippen LogP contribution >= 0.6 is 0 Å². The predicted molar refractivity (Wildman–Crippen MR) is 87.4 cm³/mol. The van der Waals surface area contributed by atoms with Crippen molar-refractivity contribution in [3.63, 3.8) is 0 Å². The number of rotatable bonds is 3. The topological polar surface area (TPSA) is 33.2 Å². The van der Waals surface area contributed by atoms with E-state index in [1.165, 1.54) is 5.56 Å². The Morgan fingerprint density at radius 3 is 2.68 bits per heavy atom. The molecule has 2 aromatic rings. The highest BCUT2D eigenvalue weighted by atomic mass is 16.2. The smallest absolute Gasteiger partial charge is 0.222 e. The summed E-state index contributed by atoms with van der Waals surface area (Å²) in [5, 5.41) is 0. The van der Waals surface area contributed by atoms with Crippen LogP contribution in [0.4, 0.5) is 0 Å². The number of hydrogen-bond donors (Lipinski definition) is 0. The van der Waals surface area contributed by atoms with E-state index in [2.05, 4.69) is 36.2 Å². The van der Waals surface area contributed by atoms with Crippen LogP contribution in [0.25, 0.3) is 0 Å².